The zero-order chi connectivity index (χ0) is 10.6. The van der Waals surface area contributed by atoms with Gasteiger partial charge in [0, 0.05) is 12.7 Å². The maximum absolute atomic E-state index is 11.3. The highest BCUT2D eigenvalue weighted by Crippen LogP contribution is 2.17. The van der Waals surface area contributed by atoms with Crippen LogP contribution in [0, 0.1) is 0 Å². The first kappa shape index (κ1) is 11.2. The topological polar surface area (TPSA) is 62.2 Å². The monoisotopic (exact) mass is 234 g/mol. The molecule has 14 heavy (non-hydrogen) atoms. The maximum atomic E-state index is 11.3. The van der Waals surface area contributed by atoms with Crippen LogP contribution in [0.4, 0.5) is 0 Å². The summed E-state index contributed by atoms with van der Waals surface area (Å²) < 4.78 is 0. The van der Waals surface area contributed by atoms with Gasteiger partial charge < -0.3 is 10.4 Å². The predicted molar refractivity (Wildman–Crippen MR) is 53.7 cm³/mol. The average molecular weight is 235 g/mol. The first-order chi connectivity index (χ1) is 6.65. The van der Waals surface area contributed by atoms with Crippen LogP contribution in [0.5, 0.6) is 0 Å². The van der Waals surface area contributed by atoms with Gasteiger partial charge in [-0.2, -0.15) is 0 Å². The summed E-state index contributed by atoms with van der Waals surface area (Å²) in [7, 11) is 0. The molecule has 1 aromatic heterocycles. The van der Waals surface area contributed by atoms with Crippen molar-refractivity contribution in [1.29, 1.82) is 0 Å². The van der Waals surface area contributed by atoms with E-state index in [1.54, 1.807) is 0 Å². The molecule has 0 aromatic carbocycles. The van der Waals surface area contributed by atoms with E-state index in [-0.39, 0.29) is 23.9 Å². The van der Waals surface area contributed by atoms with Crippen LogP contribution >= 0.6 is 23.2 Å². The van der Waals surface area contributed by atoms with Crippen molar-refractivity contribution in [2.45, 2.75) is 0 Å². The number of amides is 1. The van der Waals surface area contributed by atoms with Crippen molar-refractivity contribution >= 4 is 29.1 Å². The quantitative estimate of drug-likeness (QED) is 0.824. The van der Waals surface area contributed by atoms with E-state index in [1.165, 1.54) is 12.3 Å². The Hall–Kier alpha value is -0.840. The normalized spacial score (nSPS) is 9.93. The number of rotatable bonds is 3. The molecule has 0 spiro atoms. The Labute approximate surface area is 90.9 Å². The Balaban J connectivity index is 2.80. The lowest BCUT2D eigenvalue weighted by Gasteiger charge is -2.03. The lowest BCUT2D eigenvalue weighted by molar-refractivity contribution is 0.0940. The molecule has 1 amide bonds. The fourth-order valence-electron chi connectivity index (χ4n) is 0.835. The number of aliphatic hydroxyl groups excluding tert-OH is 1. The number of hydrogen-bond donors (Lipinski definition) is 2. The number of halogens is 2. The number of hydrogen-bond acceptors (Lipinski definition) is 3. The van der Waals surface area contributed by atoms with E-state index in [4.69, 9.17) is 28.3 Å². The summed E-state index contributed by atoms with van der Waals surface area (Å²) in [5.41, 5.74) is 0.101. The van der Waals surface area contributed by atoms with Crippen molar-refractivity contribution in [2.24, 2.45) is 0 Å². The molecule has 0 radical (unpaired) electrons. The Morgan fingerprint density at radius 2 is 2.29 bits per heavy atom. The van der Waals surface area contributed by atoms with Crippen molar-refractivity contribution in [3.8, 4) is 0 Å². The summed E-state index contributed by atoms with van der Waals surface area (Å²) in [6.07, 6.45) is 1.33. The second-order valence-corrected chi connectivity index (χ2v) is 3.31. The van der Waals surface area contributed by atoms with Gasteiger partial charge in [-0.3, -0.25) is 4.79 Å². The number of aliphatic hydroxyl groups is 1. The van der Waals surface area contributed by atoms with Crippen molar-refractivity contribution in [2.75, 3.05) is 13.2 Å². The van der Waals surface area contributed by atoms with E-state index >= 15 is 0 Å². The first-order valence-corrected chi connectivity index (χ1v) is 4.61. The van der Waals surface area contributed by atoms with Gasteiger partial charge in [-0.05, 0) is 6.07 Å². The highest BCUT2D eigenvalue weighted by Gasteiger charge is 2.11. The third-order valence-corrected chi connectivity index (χ3v) is 1.92. The standard InChI is InChI=1S/C8H8Cl2N2O2/c9-5-3-6(10)7(12-4-5)8(14)11-1-2-13/h3-4,13H,1-2H2,(H,11,14). The minimum absolute atomic E-state index is 0.101. The van der Waals surface area contributed by atoms with Crippen LogP contribution in [-0.4, -0.2) is 29.1 Å². The number of carbonyl (C=O) groups excluding carboxylic acids is 1. The molecule has 4 nitrogen and oxygen atoms in total. The Morgan fingerprint density at radius 3 is 2.86 bits per heavy atom. The van der Waals surface area contributed by atoms with Gasteiger partial charge in [0.25, 0.3) is 5.91 Å². The lowest BCUT2D eigenvalue weighted by Crippen LogP contribution is -2.27. The van der Waals surface area contributed by atoms with Crippen LogP contribution in [0.3, 0.4) is 0 Å². The van der Waals surface area contributed by atoms with Gasteiger partial charge in [0.1, 0.15) is 5.69 Å². The largest absolute Gasteiger partial charge is 0.395 e. The summed E-state index contributed by atoms with van der Waals surface area (Å²) >= 11 is 11.3. The van der Waals surface area contributed by atoms with Crippen molar-refractivity contribution in [3.05, 3.63) is 28.0 Å². The minimum Gasteiger partial charge on any atom is -0.395 e. The molecule has 0 aliphatic carbocycles. The second kappa shape index (κ2) is 5.14. The molecule has 1 rings (SSSR count). The van der Waals surface area contributed by atoms with Gasteiger partial charge >= 0.3 is 0 Å². The van der Waals surface area contributed by atoms with Crippen molar-refractivity contribution in [1.82, 2.24) is 10.3 Å². The zero-order valence-electron chi connectivity index (χ0n) is 7.13. The summed E-state index contributed by atoms with van der Waals surface area (Å²) in [5, 5.41) is 11.5. The van der Waals surface area contributed by atoms with Crippen LogP contribution in [0.1, 0.15) is 10.5 Å². The molecular formula is C8H8Cl2N2O2. The third-order valence-electron chi connectivity index (χ3n) is 1.42. The molecule has 0 aliphatic heterocycles. The van der Waals surface area contributed by atoms with E-state index in [9.17, 15) is 4.79 Å². The minimum atomic E-state index is -0.430. The highest BCUT2D eigenvalue weighted by atomic mass is 35.5. The molecule has 76 valence electrons. The molecule has 0 fully saturated rings. The summed E-state index contributed by atoms with van der Waals surface area (Å²) in [6, 6.07) is 1.43. The van der Waals surface area contributed by atoms with Crippen LogP contribution in [0.25, 0.3) is 0 Å². The first-order valence-electron chi connectivity index (χ1n) is 3.85. The summed E-state index contributed by atoms with van der Waals surface area (Å²) in [4.78, 5) is 15.1. The lowest BCUT2D eigenvalue weighted by atomic mass is 10.3. The Bertz CT molecular complexity index is 344. The van der Waals surface area contributed by atoms with Gasteiger partial charge in [0.05, 0.1) is 16.7 Å². The van der Waals surface area contributed by atoms with Crippen LogP contribution in [0.2, 0.25) is 10.0 Å². The van der Waals surface area contributed by atoms with Crippen molar-refractivity contribution < 1.29 is 9.90 Å². The molecule has 0 saturated heterocycles. The highest BCUT2D eigenvalue weighted by molar-refractivity contribution is 6.36. The van der Waals surface area contributed by atoms with E-state index in [2.05, 4.69) is 10.3 Å². The van der Waals surface area contributed by atoms with Crippen LogP contribution in [-0.2, 0) is 0 Å². The molecule has 6 heteroatoms. The fourth-order valence-corrected chi connectivity index (χ4v) is 1.30. The molecular weight excluding hydrogens is 227 g/mol. The summed E-state index contributed by atoms with van der Waals surface area (Å²) in [5.74, 6) is -0.430. The van der Waals surface area contributed by atoms with Crippen LogP contribution in [0.15, 0.2) is 12.3 Å². The number of nitrogens with one attached hydrogen (secondary N) is 1. The zero-order valence-corrected chi connectivity index (χ0v) is 8.64. The molecule has 0 unspecified atom stereocenters. The van der Waals surface area contributed by atoms with Crippen molar-refractivity contribution in [3.63, 3.8) is 0 Å². The van der Waals surface area contributed by atoms with E-state index in [0.717, 1.165) is 0 Å². The Kier molecular flexibility index (Phi) is 4.13. The molecule has 0 bridgehead atoms. The SMILES string of the molecule is O=C(NCCO)c1ncc(Cl)cc1Cl. The number of pyridine rings is 1. The molecule has 2 N–H and O–H groups in total. The van der Waals surface area contributed by atoms with Gasteiger partial charge in [0.15, 0.2) is 0 Å². The number of nitrogens with zero attached hydrogens (tertiary/aromatic N) is 1. The average Bonchev–Trinajstić information content (AvgIpc) is 2.14. The molecule has 0 atom stereocenters. The fraction of sp³-hybridized carbons (Fsp3) is 0.250. The van der Waals surface area contributed by atoms with Gasteiger partial charge in [0.2, 0.25) is 0 Å². The molecule has 0 saturated carbocycles. The summed E-state index contributed by atoms with van der Waals surface area (Å²) in [6.45, 7) is 0.0381. The molecule has 0 aliphatic rings. The van der Waals surface area contributed by atoms with Crippen LogP contribution < -0.4 is 5.32 Å². The van der Waals surface area contributed by atoms with E-state index < -0.39 is 5.91 Å². The van der Waals surface area contributed by atoms with E-state index in [1.807, 2.05) is 0 Å². The van der Waals surface area contributed by atoms with Gasteiger partial charge in [-0.1, -0.05) is 23.2 Å². The number of carbonyl (C=O) groups is 1. The molecule has 1 heterocycles. The Morgan fingerprint density at radius 1 is 1.57 bits per heavy atom. The van der Waals surface area contributed by atoms with Gasteiger partial charge in [-0.25, -0.2) is 4.98 Å². The maximum Gasteiger partial charge on any atom is 0.271 e. The smallest absolute Gasteiger partial charge is 0.271 e. The predicted octanol–water partition coefficient (Wildman–Crippen LogP) is 1.11. The van der Waals surface area contributed by atoms with E-state index in [0.29, 0.717) is 5.02 Å². The second-order valence-electron chi connectivity index (χ2n) is 2.46. The molecule has 1 aromatic rings. The third kappa shape index (κ3) is 2.83. The number of aromatic nitrogens is 1. The van der Waals surface area contributed by atoms with Gasteiger partial charge in [-0.15, -0.1) is 0 Å².